The molecule has 0 saturated carbocycles. The summed E-state index contributed by atoms with van der Waals surface area (Å²) in [6, 6.07) is 16.7. The number of nitro groups is 1. The number of hydrogen-bond acceptors (Lipinski definition) is 5. The third kappa shape index (κ3) is 6.09. The molecule has 0 bridgehead atoms. The quantitative estimate of drug-likeness (QED) is 0.235. The first-order valence-corrected chi connectivity index (χ1v) is 9.73. The predicted octanol–water partition coefficient (Wildman–Crippen LogP) is 1.01. The zero-order chi connectivity index (χ0) is 22.8. The molecule has 10 heteroatoms. The number of carbonyl (C=O) groups is 2. The molecule has 0 aliphatic heterocycles. The molecule has 0 radical (unpaired) electrons. The Morgan fingerprint density at radius 2 is 1.61 bits per heavy atom. The maximum absolute atomic E-state index is 13.8. The van der Waals surface area contributed by atoms with Crippen LogP contribution < -0.4 is 16.8 Å². The number of nitrogens with zero attached hydrogens (tertiary/aromatic N) is 3. The zero-order valence-electron chi connectivity index (χ0n) is 17.2. The summed E-state index contributed by atoms with van der Waals surface area (Å²) in [5.74, 6) is -2.65. The van der Waals surface area contributed by atoms with Gasteiger partial charge in [0.2, 0.25) is 11.8 Å². The maximum Gasteiger partial charge on any atom is 0.276 e. The van der Waals surface area contributed by atoms with E-state index in [-0.39, 0.29) is 13.0 Å². The van der Waals surface area contributed by atoms with Crippen LogP contribution in [0.4, 0.5) is 0 Å². The lowest BCUT2D eigenvalue weighted by Gasteiger charge is -2.32. The van der Waals surface area contributed by atoms with Gasteiger partial charge in [0.25, 0.3) is 5.96 Å². The van der Waals surface area contributed by atoms with Crippen LogP contribution in [-0.2, 0) is 9.59 Å². The van der Waals surface area contributed by atoms with Crippen molar-refractivity contribution >= 4 is 17.8 Å². The van der Waals surface area contributed by atoms with Gasteiger partial charge in [0.1, 0.15) is 11.1 Å². The van der Waals surface area contributed by atoms with E-state index in [2.05, 4.69) is 10.4 Å². The number of likely N-dealkylation sites (N-methyl/N-ethyl adjacent to an activating group) is 1. The van der Waals surface area contributed by atoms with E-state index in [4.69, 9.17) is 11.5 Å². The Kier molecular flexibility index (Phi) is 8.64. The van der Waals surface area contributed by atoms with Crippen molar-refractivity contribution in [1.29, 1.82) is 0 Å². The molecule has 10 nitrogen and oxygen atoms in total. The van der Waals surface area contributed by atoms with Crippen molar-refractivity contribution in [3.63, 3.8) is 0 Å². The molecule has 0 aromatic heterocycles. The lowest BCUT2D eigenvalue weighted by Crippen LogP contribution is -2.56. The highest BCUT2D eigenvalue weighted by Crippen LogP contribution is 2.28. The second-order valence-corrected chi connectivity index (χ2v) is 6.72. The molecule has 2 aromatic carbocycles. The van der Waals surface area contributed by atoms with Crippen LogP contribution in [0.25, 0.3) is 0 Å². The van der Waals surface area contributed by atoms with Crippen molar-refractivity contribution in [1.82, 2.24) is 10.2 Å². The van der Waals surface area contributed by atoms with Gasteiger partial charge in [-0.2, -0.15) is 0 Å². The lowest BCUT2D eigenvalue weighted by atomic mass is 9.89. The summed E-state index contributed by atoms with van der Waals surface area (Å²) >= 11 is 0. The van der Waals surface area contributed by atoms with Crippen molar-refractivity contribution in [2.24, 2.45) is 16.6 Å². The number of hydrazone groups is 1. The Bertz CT molecular complexity index is 880. The third-order valence-electron chi connectivity index (χ3n) is 4.72. The van der Waals surface area contributed by atoms with E-state index in [9.17, 15) is 19.7 Å². The summed E-state index contributed by atoms with van der Waals surface area (Å²) in [6.45, 7) is 0.266. The van der Waals surface area contributed by atoms with E-state index in [1.165, 1.54) is 7.05 Å². The first-order chi connectivity index (χ1) is 14.9. The SMILES string of the molecule is CNC(=O)[C@H](CCCN)N(C(=O)C(c1ccccc1)c1ccccc1)C(N)=N[N+](=O)[O-]. The number of nitrogens with two attached hydrogens (primary N) is 2. The molecule has 2 aromatic rings. The van der Waals surface area contributed by atoms with E-state index >= 15 is 0 Å². The maximum atomic E-state index is 13.8. The van der Waals surface area contributed by atoms with Crippen molar-refractivity contribution in [2.75, 3.05) is 13.6 Å². The highest BCUT2D eigenvalue weighted by Gasteiger charge is 2.38. The van der Waals surface area contributed by atoms with Crippen molar-refractivity contribution in [2.45, 2.75) is 24.8 Å². The highest BCUT2D eigenvalue weighted by atomic mass is 16.7. The van der Waals surface area contributed by atoms with Gasteiger partial charge in [0.05, 0.1) is 5.92 Å². The fourth-order valence-corrected chi connectivity index (χ4v) is 3.32. The molecule has 0 fully saturated rings. The standard InChI is InChI=1S/C21H26N6O4/c1-24-19(28)17(13-8-14-22)26(21(23)25-27(30)31)20(29)18(15-9-4-2-5-10-15)16-11-6-3-7-12-16/h2-7,9-12,17-18H,8,13-14,22H2,1H3,(H2,23,25)(H,24,28)/t17-/m0/s1. The summed E-state index contributed by atoms with van der Waals surface area (Å²) in [6.07, 6.45) is 0.557. The van der Waals surface area contributed by atoms with Crippen molar-refractivity contribution in [3.8, 4) is 0 Å². The van der Waals surface area contributed by atoms with Gasteiger partial charge in [0, 0.05) is 7.05 Å². The van der Waals surface area contributed by atoms with Gasteiger partial charge >= 0.3 is 0 Å². The molecule has 2 rings (SSSR count). The Labute approximate surface area is 180 Å². The molecular formula is C21H26N6O4. The number of hydrogen-bond donors (Lipinski definition) is 3. The zero-order valence-corrected chi connectivity index (χ0v) is 17.2. The highest BCUT2D eigenvalue weighted by molar-refractivity contribution is 6.04. The van der Waals surface area contributed by atoms with Gasteiger partial charge < -0.3 is 16.8 Å². The lowest BCUT2D eigenvalue weighted by molar-refractivity contribution is -0.485. The van der Waals surface area contributed by atoms with Crippen LogP contribution in [0.15, 0.2) is 65.8 Å². The molecule has 0 spiro atoms. The number of rotatable bonds is 9. The largest absolute Gasteiger partial charge is 0.364 e. The van der Waals surface area contributed by atoms with Gasteiger partial charge in [-0.1, -0.05) is 60.7 Å². The van der Waals surface area contributed by atoms with Crippen molar-refractivity contribution < 1.29 is 14.6 Å². The summed E-state index contributed by atoms with van der Waals surface area (Å²) in [5, 5.41) is 15.6. The minimum absolute atomic E-state index is 0.159. The normalized spacial score (nSPS) is 12.3. The first kappa shape index (κ1) is 23.5. The summed E-state index contributed by atoms with van der Waals surface area (Å²) in [7, 11) is 1.41. The molecule has 0 heterocycles. The number of nitrogens with one attached hydrogen (secondary N) is 1. The fraction of sp³-hybridized carbons (Fsp3) is 0.286. The van der Waals surface area contributed by atoms with Crippen LogP contribution in [0, 0.1) is 10.1 Å². The summed E-state index contributed by atoms with van der Waals surface area (Å²) < 4.78 is 0. The van der Waals surface area contributed by atoms with Gasteiger partial charge in [0.15, 0.2) is 5.03 Å². The van der Waals surface area contributed by atoms with E-state index in [0.717, 1.165) is 4.90 Å². The van der Waals surface area contributed by atoms with E-state index < -0.39 is 34.8 Å². The van der Waals surface area contributed by atoms with Gasteiger partial charge in [-0.15, -0.1) is 0 Å². The Morgan fingerprint density at radius 3 is 2.03 bits per heavy atom. The molecule has 0 saturated heterocycles. The van der Waals surface area contributed by atoms with E-state index in [1.54, 1.807) is 48.5 Å². The van der Waals surface area contributed by atoms with Crippen LogP contribution in [0.3, 0.4) is 0 Å². The fourth-order valence-electron chi connectivity index (χ4n) is 3.32. The average molecular weight is 426 g/mol. The topological polar surface area (TPSA) is 157 Å². The Hall–Kier alpha value is -3.79. The van der Waals surface area contributed by atoms with Gasteiger partial charge in [-0.3, -0.25) is 14.5 Å². The van der Waals surface area contributed by atoms with Crippen molar-refractivity contribution in [3.05, 3.63) is 81.9 Å². The molecule has 0 unspecified atom stereocenters. The van der Waals surface area contributed by atoms with Crippen LogP contribution in [0.5, 0.6) is 0 Å². The third-order valence-corrected chi connectivity index (χ3v) is 4.72. The number of carbonyl (C=O) groups excluding carboxylic acids is 2. The van der Waals surface area contributed by atoms with Crippen LogP contribution in [-0.4, -0.2) is 47.3 Å². The predicted molar refractivity (Wildman–Crippen MR) is 116 cm³/mol. The molecule has 2 amide bonds. The van der Waals surface area contributed by atoms with Crippen LogP contribution in [0.2, 0.25) is 0 Å². The van der Waals surface area contributed by atoms with Gasteiger partial charge in [-0.05, 0) is 30.5 Å². The smallest absolute Gasteiger partial charge is 0.276 e. The molecular weight excluding hydrogens is 400 g/mol. The number of guanidine groups is 1. The number of amides is 2. The van der Waals surface area contributed by atoms with Crippen LogP contribution in [0.1, 0.15) is 29.9 Å². The average Bonchev–Trinajstić information content (AvgIpc) is 2.77. The Morgan fingerprint density at radius 1 is 1.10 bits per heavy atom. The molecule has 31 heavy (non-hydrogen) atoms. The van der Waals surface area contributed by atoms with E-state index in [1.807, 2.05) is 12.1 Å². The Balaban J connectivity index is 2.64. The summed E-state index contributed by atoms with van der Waals surface area (Å²) in [5.41, 5.74) is 12.8. The second kappa shape index (κ2) is 11.4. The van der Waals surface area contributed by atoms with Gasteiger partial charge in [-0.25, -0.2) is 10.1 Å². The van der Waals surface area contributed by atoms with E-state index in [0.29, 0.717) is 17.5 Å². The first-order valence-electron chi connectivity index (χ1n) is 9.73. The minimum atomic E-state index is -1.11. The monoisotopic (exact) mass is 426 g/mol. The van der Waals surface area contributed by atoms with Crippen LogP contribution >= 0.6 is 0 Å². The second-order valence-electron chi connectivity index (χ2n) is 6.72. The molecule has 1 atom stereocenters. The molecule has 5 N–H and O–H groups in total. The summed E-state index contributed by atoms with van der Waals surface area (Å²) in [4.78, 5) is 38.4. The molecule has 0 aliphatic rings. The molecule has 0 aliphatic carbocycles. The minimum Gasteiger partial charge on any atom is -0.364 e. The number of benzene rings is 2. The molecule has 164 valence electrons.